The first-order chi connectivity index (χ1) is 13.7. The summed E-state index contributed by atoms with van der Waals surface area (Å²) >= 11 is 1.52. The number of rotatable bonds is 4. The zero-order valence-electron chi connectivity index (χ0n) is 15.2. The summed E-state index contributed by atoms with van der Waals surface area (Å²) in [5.41, 5.74) is 1.80. The number of hydrogen-bond donors (Lipinski definition) is 2. The van der Waals surface area contributed by atoms with E-state index in [1.54, 1.807) is 0 Å². The molecular weight excluding hydrogens is 372 g/mol. The Hall–Kier alpha value is -2.90. The summed E-state index contributed by atoms with van der Waals surface area (Å²) in [5.74, 6) is 0.205. The lowest BCUT2D eigenvalue weighted by Gasteiger charge is -2.38. The summed E-state index contributed by atoms with van der Waals surface area (Å²) in [5, 5.41) is 12.1. The van der Waals surface area contributed by atoms with Gasteiger partial charge in [0, 0.05) is 54.2 Å². The van der Waals surface area contributed by atoms with E-state index in [9.17, 15) is 9.90 Å². The van der Waals surface area contributed by atoms with Crippen LogP contribution < -0.4 is 4.90 Å². The highest BCUT2D eigenvalue weighted by molar-refractivity contribution is 7.13. The molecule has 0 aliphatic carbocycles. The van der Waals surface area contributed by atoms with Crippen LogP contribution in [0.1, 0.15) is 11.6 Å². The van der Waals surface area contributed by atoms with Crippen LogP contribution in [0.3, 0.4) is 0 Å². The number of aliphatic carboxylic acids is 1. The predicted molar refractivity (Wildman–Crippen MR) is 112 cm³/mol. The van der Waals surface area contributed by atoms with Crippen molar-refractivity contribution in [3.63, 3.8) is 0 Å². The van der Waals surface area contributed by atoms with Crippen molar-refractivity contribution in [2.75, 3.05) is 31.1 Å². The van der Waals surface area contributed by atoms with Crippen LogP contribution in [0.15, 0.2) is 54.7 Å². The van der Waals surface area contributed by atoms with E-state index in [0.717, 1.165) is 35.4 Å². The van der Waals surface area contributed by atoms with Gasteiger partial charge in [-0.2, -0.15) is 4.37 Å². The first-order valence-electron chi connectivity index (χ1n) is 9.34. The molecule has 1 atom stereocenters. The summed E-state index contributed by atoms with van der Waals surface area (Å²) < 4.78 is 5.83. The topological polar surface area (TPSA) is 72.5 Å². The lowest BCUT2D eigenvalue weighted by molar-refractivity contribution is -0.143. The number of para-hydroxylation sites is 1. The van der Waals surface area contributed by atoms with Gasteiger partial charge >= 0.3 is 5.97 Å². The predicted octanol–water partition coefficient (Wildman–Crippen LogP) is 3.73. The third-order valence-corrected chi connectivity index (χ3v) is 6.30. The smallest absolute Gasteiger partial charge is 0.325 e. The number of piperazine rings is 1. The number of aromatic amines is 1. The molecule has 4 aromatic rings. The molecule has 1 saturated heterocycles. The number of carboxylic acid groups (broad SMARTS) is 1. The SMILES string of the molecule is O=C(O)[C@H](c1c[nH]c2ccccc12)N1CCN(c2nsc3ccccc23)CC1. The Morgan fingerprint density at radius 3 is 2.54 bits per heavy atom. The molecule has 1 aliphatic rings. The van der Waals surface area contributed by atoms with Gasteiger partial charge in [-0.15, -0.1) is 0 Å². The molecule has 2 aromatic carbocycles. The van der Waals surface area contributed by atoms with Crippen LogP contribution in [-0.4, -0.2) is 51.5 Å². The second-order valence-electron chi connectivity index (χ2n) is 7.06. The molecule has 0 bridgehead atoms. The molecule has 6 nitrogen and oxygen atoms in total. The maximum Gasteiger partial charge on any atom is 0.325 e. The second kappa shape index (κ2) is 6.92. The number of fused-ring (bicyclic) bond motifs is 2. The average Bonchev–Trinajstić information content (AvgIpc) is 3.33. The Balaban J connectivity index is 1.39. The summed E-state index contributed by atoms with van der Waals surface area (Å²) in [7, 11) is 0. The number of nitrogens with zero attached hydrogens (tertiary/aromatic N) is 3. The standard InChI is InChI=1S/C21H20N4O2S/c26-21(27)19(16-13-22-17-7-3-1-5-14(16)17)24-9-11-25(12-10-24)20-15-6-2-4-8-18(15)28-23-20/h1-8,13,19,22H,9-12H2,(H,26,27)/t19-/m0/s1. The van der Waals surface area contributed by atoms with Crippen LogP contribution in [0.2, 0.25) is 0 Å². The van der Waals surface area contributed by atoms with E-state index in [0.29, 0.717) is 13.1 Å². The van der Waals surface area contributed by atoms with Crippen molar-refractivity contribution in [2.45, 2.75) is 6.04 Å². The minimum Gasteiger partial charge on any atom is -0.480 e. The maximum absolute atomic E-state index is 12.1. The number of H-pyrrole nitrogens is 1. The third-order valence-electron chi connectivity index (χ3n) is 5.49. The lowest BCUT2D eigenvalue weighted by atomic mass is 10.0. The van der Waals surface area contributed by atoms with E-state index >= 15 is 0 Å². The molecule has 0 saturated carbocycles. The van der Waals surface area contributed by atoms with Gasteiger partial charge in [0.25, 0.3) is 0 Å². The molecule has 1 aliphatic heterocycles. The Morgan fingerprint density at radius 2 is 1.75 bits per heavy atom. The summed E-state index contributed by atoms with van der Waals surface area (Å²) in [6, 6.07) is 15.5. The van der Waals surface area contributed by atoms with Crippen molar-refractivity contribution in [3.05, 3.63) is 60.3 Å². The second-order valence-corrected chi connectivity index (χ2v) is 7.86. The molecule has 0 radical (unpaired) electrons. The van der Waals surface area contributed by atoms with Gasteiger partial charge < -0.3 is 15.0 Å². The van der Waals surface area contributed by atoms with E-state index in [2.05, 4.69) is 31.3 Å². The van der Waals surface area contributed by atoms with Crippen LogP contribution in [0, 0.1) is 0 Å². The van der Waals surface area contributed by atoms with Gasteiger partial charge in [-0.3, -0.25) is 9.69 Å². The summed E-state index contributed by atoms with van der Waals surface area (Å²) in [6.45, 7) is 2.89. The van der Waals surface area contributed by atoms with Crippen molar-refractivity contribution < 1.29 is 9.90 Å². The van der Waals surface area contributed by atoms with Crippen LogP contribution in [0.5, 0.6) is 0 Å². The van der Waals surface area contributed by atoms with Crippen LogP contribution in [-0.2, 0) is 4.79 Å². The zero-order chi connectivity index (χ0) is 19.1. The molecule has 0 amide bonds. The quantitative estimate of drug-likeness (QED) is 0.554. The van der Waals surface area contributed by atoms with Crippen molar-refractivity contribution >= 4 is 44.3 Å². The van der Waals surface area contributed by atoms with Gasteiger partial charge in [0.15, 0.2) is 0 Å². The fourth-order valence-electron chi connectivity index (χ4n) is 4.10. The summed E-state index contributed by atoms with van der Waals surface area (Å²) in [6.07, 6.45) is 1.84. The highest BCUT2D eigenvalue weighted by Gasteiger charge is 2.32. The molecule has 28 heavy (non-hydrogen) atoms. The van der Waals surface area contributed by atoms with Gasteiger partial charge in [-0.05, 0) is 29.7 Å². The molecule has 142 valence electrons. The molecule has 1 fully saturated rings. The Kier molecular flexibility index (Phi) is 4.26. The van der Waals surface area contributed by atoms with E-state index < -0.39 is 12.0 Å². The van der Waals surface area contributed by atoms with Crippen molar-refractivity contribution in [1.82, 2.24) is 14.3 Å². The van der Waals surface area contributed by atoms with E-state index in [4.69, 9.17) is 0 Å². The summed E-state index contributed by atoms with van der Waals surface area (Å²) in [4.78, 5) is 19.7. The average molecular weight is 392 g/mol. The molecule has 2 aromatic heterocycles. The largest absolute Gasteiger partial charge is 0.480 e. The number of hydrogen-bond acceptors (Lipinski definition) is 5. The van der Waals surface area contributed by atoms with Gasteiger partial charge in [0.1, 0.15) is 11.9 Å². The van der Waals surface area contributed by atoms with Crippen molar-refractivity contribution in [3.8, 4) is 0 Å². The molecule has 0 spiro atoms. The first kappa shape index (κ1) is 17.2. The normalized spacial score (nSPS) is 16.6. The number of carboxylic acids is 1. The molecule has 3 heterocycles. The van der Waals surface area contributed by atoms with Crippen LogP contribution in [0.25, 0.3) is 21.0 Å². The van der Waals surface area contributed by atoms with E-state index in [1.165, 1.54) is 21.6 Å². The number of aromatic nitrogens is 2. The Bertz CT molecular complexity index is 1140. The van der Waals surface area contributed by atoms with Crippen molar-refractivity contribution in [2.24, 2.45) is 0 Å². The monoisotopic (exact) mass is 392 g/mol. The van der Waals surface area contributed by atoms with Crippen molar-refractivity contribution in [1.29, 1.82) is 0 Å². The van der Waals surface area contributed by atoms with Crippen LogP contribution in [0.4, 0.5) is 5.82 Å². The number of anilines is 1. The highest BCUT2D eigenvalue weighted by atomic mass is 32.1. The van der Waals surface area contributed by atoms with Gasteiger partial charge in [-0.25, -0.2) is 0 Å². The van der Waals surface area contributed by atoms with E-state index in [-0.39, 0.29) is 0 Å². The first-order valence-corrected chi connectivity index (χ1v) is 10.1. The maximum atomic E-state index is 12.1. The fourth-order valence-corrected chi connectivity index (χ4v) is 4.89. The molecule has 5 rings (SSSR count). The van der Waals surface area contributed by atoms with Gasteiger partial charge in [-0.1, -0.05) is 30.3 Å². The number of carbonyl (C=O) groups is 1. The minimum absolute atomic E-state index is 0.648. The molecule has 2 N–H and O–H groups in total. The fraction of sp³-hybridized carbons (Fsp3) is 0.238. The zero-order valence-corrected chi connectivity index (χ0v) is 16.0. The minimum atomic E-state index is -0.808. The number of nitrogens with one attached hydrogen (secondary N) is 1. The third kappa shape index (κ3) is 2.83. The van der Waals surface area contributed by atoms with E-state index in [1.807, 2.05) is 42.6 Å². The highest BCUT2D eigenvalue weighted by Crippen LogP contribution is 2.32. The Labute approximate surface area is 166 Å². The van der Waals surface area contributed by atoms with Crippen LogP contribution >= 0.6 is 11.5 Å². The lowest BCUT2D eigenvalue weighted by Crippen LogP contribution is -2.49. The molecule has 0 unspecified atom stereocenters. The van der Waals surface area contributed by atoms with Gasteiger partial charge in [0.05, 0.1) is 4.70 Å². The molecular formula is C21H20N4O2S. The molecule has 7 heteroatoms. The Morgan fingerprint density at radius 1 is 1.04 bits per heavy atom. The number of benzene rings is 2. The van der Waals surface area contributed by atoms with Gasteiger partial charge in [0.2, 0.25) is 0 Å².